The van der Waals surface area contributed by atoms with Crippen molar-refractivity contribution in [1.82, 2.24) is 20.7 Å². The number of aromatic nitrogens is 1. The van der Waals surface area contributed by atoms with Crippen molar-refractivity contribution in [2.45, 2.75) is 71.4 Å². The minimum absolute atomic E-state index is 0. The fourth-order valence-corrected chi connectivity index (χ4v) is 3.59. The molecule has 1 heterocycles. The second-order valence-electron chi connectivity index (χ2n) is 6.86. The van der Waals surface area contributed by atoms with Crippen molar-refractivity contribution in [2.75, 3.05) is 27.2 Å². The van der Waals surface area contributed by atoms with Crippen LogP contribution in [0.4, 0.5) is 0 Å². The summed E-state index contributed by atoms with van der Waals surface area (Å²) in [7, 11) is 4.06. The van der Waals surface area contributed by atoms with E-state index in [2.05, 4.69) is 46.6 Å². The predicted octanol–water partition coefficient (Wildman–Crippen LogP) is 3.35. The van der Waals surface area contributed by atoms with E-state index in [9.17, 15) is 0 Å². The molecule has 26 heavy (non-hydrogen) atoms. The molecule has 1 aliphatic carbocycles. The number of hydrogen-bond acceptors (Lipinski definition) is 4. The minimum atomic E-state index is 0. The van der Waals surface area contributed by atoms with Crippen LogP contribution in [0.3, 0.4) is 0 Å². The van der Waals surface area contributed by atoms with Crippen LogP contribution in [0.25, 0.3) is 0 Å². The fourth-order valence-electron chi connectivity index (χ4n) is 3.59. The van der Waals surface area contributed by atoms with E-state index < -0.39 is 0 Å². The molecule has 1 fully saturated rings. The van der Waals surface area contributed by atoms with Gasteiger partial charge in [-0.2, -0.15) is 0 Å². The van der Waals surface area contributed by atoms with E-state index in [1.807, 2.05) is 7.05 Å². The average molecular weight is 477 g/mol. The van der Waals surface area contributed by atoms with E-state index in [1.54, 1.807) is 0 Å². The van der Waals surface area contributed by atoms with Crippen LogP contribution < -0.4 is 10.6 Å². The van der Waals surface area contributed by atoms with Crippen molar-refractivity contribution >= 4 is 29.9 Å². The van der Waals surface area contributed by atoms with E-state index >= 15 is 0 Å². The molecule has 0 spiro atoms. The Labute approximate surface area is 175 Å². The topological polar surface area (TPSA) is 65.7 Å². The van der Waals surface area contributed by atoms with Crippen molar-refractivity contribution in [3.05, 3.63) is 17.0 Å². The maximum Gasteiger partial charge on any atom is 0.191 e. The number of guanidine groups is 1. The molecule has 6 nitrogen and oxygen atoms in total. The van der Waals surface area contributed by atoms with Crippen LogP contribution in [-0.4, -0.2) is 49.2 Å². The standard InChI is InChI=1S/C19H35N5O.HI/c1-5-17-16(18(6-2)25-23-17)14-22-19(20-3)21-12-13-24(4)15-10-8-7-9-11-15;/h15H,5-14H2,1-4H3,(H2,20,21,22);1H. The molecule has 7 heteroatoms. The van der Waals surface area contributed by atoms with E-state index in [0.29, 0.717) is 6.54 Å². The maximum absolute atomic E-state index is 5.42. The molecule has 0 amide bonds. The third-order valence-electron chi connectivity index (χ3n) is 5.22. The van der Waals surface area contributed by atoms with Gasteiger partial charge in [-0.15, -0.1) is 24.0 Å². The lowest BCUT2D eigenvalue weighted by Crippen LogP contribution is -2.43. The largest absolute Gasteiger partial charge is 0.361 e. The Morgan fingerprint density at radius 3 is 2.54 bits per heavy atom. The third-order valence-corrected chi connectivity index (χ3v) is 5.22. The van der Waals surface area contributed by atoms with Gasteiger partial charge in [-0.3, -0.25) is 4.99 Å². The molecular formula is C19H36IN5O. The van der Waals surface area contributed by atoms with Gasteiger partial charge in [0.15, 0.2) is 5.96 Å². The number of hydrogen-bond donors (Lipinski definition) is 2. The third kappa shape index (κ3) is 6.72. The Morgan fingerprint density at radius 2 is 1.92 bits per heavy atom. The number of likely N-dealkylation sites (N-methyl/N-ethyl adjacent to an activating group) is 1. The summed E-state index contributed by atoms with van der Waals surface area (Å²) < 4.78 is 5.42. The molecule has 0 aliphatic heterocycles. The number of rotatable bonds is 8. The Balaban J connectivity index is 0.00000338. The van der Waals surface area contributed by atoms with Gasteiger partial charge in [0.25, 0.3) is 0 Å². The van der Waals surface area contributed by atoms with Crippen LogP contribution in [-0.2, 0) is 19.4 Å². The predicted molar refractivity (Wildman–Crippen MR) is 118 cm³/mol. The molecule has 0 saturated heterocycles. The van der Waals surface area contributed by atoms with Gasteiger partial charge in [-0.1, -0.05) is 38.3 Å². The second-order valence-corrected chi connectivity index (χ2v) is 6.86. The number of nitrogens with zero attached hydrogens (tertiary/aromatic N) is 3. The second kappa shape index (κ2) is 12.5. The summed E-state index contributed by atoms with van der Waals surface area (Å²) in [5, 5.41) is 11.0. The van der Waals surface area contributed by atoms with Gasteiger partial charge in [0.2, 0.25) is 0 Å². The van der Waals surface area contributed by atoms with Gasteiger partial charge in [-0.05, 0) is 26.3 Å². The minimum Gasteiger partial charge on any atom is -0.361 e. The van der Waals surface area contributed by atoms with Crippen LogP contribution in [0.15, 0.2) is 9.52 Å². The molecule has 1 aromatic heterocycles. The van der Waals surface area contributed by atoms with E-state index in [1.165, 1.54) is 37.7 Å². The summed E-state index contributed by atoms with van der Waals surface area (Å²) in [6.07, 6.45) is 8.60. The fraction of sp³-hybridized carbons (Fsp3) is 0.789. The molecular weight excluding hydrogens is 441 g/mol. The first-order chi connectivity index (χ1) is 12.2. The van der Waals surface area contributed by atoms with Gasteiger partial charge < -0.3 is 20.1 Å². The van der Waals surface area contributed by atoms with Crippen molar-refractivity contribution in [1.29, 1.82) is 0 Å². The Morgan fingerprint density at radius 1 is 1.19 bits per heavy atom. The van der Waals surface area contributed by atoms with Gasteiger partial charge in [0, 0.05) is 44.7 Å². The first-order valence-electron chi connectivity index (χ1n) is 9.80. The lowest BCUT2D eigenvalue weighted by atomic mass is 9.94. The first kappa shape index (κ1) is 23.2. The quantitative estimate of drug-likeness (QED) is 0.342. The molecule has 0 atom stereocenters. The lowest BCUT2D eigenvalue weighted by molar-refractivity contribution is 0.194. The van der Waals surface area contributed by atoms with Crippen molar-refractivity contribution in [2.24, 2.45) is 4.99 Å². The number of halogens is 1. The lowest BCUT2D eigenvalue weighted by Gasteiger charge is -2.31. The summed E-state index contributed by atoms with van der Waals surface area (Å²) >= 11 is 0. The van der Waals surface area contributed by atoms with Gasteiger partial charge >= 0.3 is 0 Å². The molecule has 0 aromatic carbocycles. The highest BCUT2D eigenvalue weighted by Gasteiger charge is 2.17. The highest BCUT2D eigenvalue weighted by atomic mass is 127. The van der Waals surface area contributed by atoms with Crippen LogP contribution >= 0.6 is 24.0 Å². The van der Waals surface area contributed by atoms with Crippen LogP contribution in [0, 0.1) is 0 Å². The number of aliphatic imine (C=N–C) groups is 1. The average Bonchev–Trinajstić information content (AvgIpc) is 3.07. The molecule has 0 radical (unpaired) electrons. The molecule has 0 unspecified atom stereocenters. The van der Waals surface area contributed by atoms with Gasteiger partial charge in [0.05, 0.1) is 5.69 Å². The van der Waals surface area contributed by atoms with E-state index in [4.69, 9.17) is 4.52 Å². The highest BCUT2D eigenvalue weighted by molar-refractivity contribution is 14.0. The Hall–Kier alpha value is -0.830. The highest BCUT2D eigenvalue weighted by Crippen LogP contribution is 2.21. The zero-order valence-corrected chi connectivity index (χ0v) is 19.1. The number of aryl methyl sites for hydroxylation is 2. The normalized spacial score (nSPS) is 15.8. The van der Waals surface area contributed by atoms with Crippen molar-refractivity contribution < 1.29 is 4.52 Å². The SMILES string of the molecule is CCc1noc(CC)c1CNC(=NC)NCCN(C)C1CCCCC1.I. The monoisotopic (exact) mass is 477 g/mol. The van der Waals surface area contributed by atoms with Gasteiger partial charge in [0.1, 0.15) is 5.76 Å². The zero-order valence-electron chi connectivity index (χ0n) is 16.8. The molecule has 150 valence electrons. The summed E-state index contributed by atoms with van der Waals surface area (Å²) in [6.45, 7) is 6.84. The zero-order chi connectivity index (χ0) is 18.1. The summed E-state index contributed by atoms with van der Waals surface area (Å²) in [6, 6.07) is 0.752. The molecule has 0 bridgehead atoms. The van der Waals surface area contributed by atoms with Crippen molar-refractivity contribution in [3.63, 3.8) is 0 Å². The molecule has 1 aliphatic rings. The molecule has 2 N–H and O–H groups in total. The molecule has 1 aromatic rings. The summed E-state index contributed by atoms with van der Waals surface area (Å²) in [5.74, 6) is 1.80. The smallest absolute Gasteiger partial charge is 0.191 e. The van der Waals surface area contributed by atoms with Crippen LogP contribution in [0.2, 0.25) is 0 Å². The molecule has 2 rings (SSSR count). The Kier molecular flexibility index (Phi) is 11.2. The number of nitrogens with one attached hydrogen (secondary N) is 2. The van der Waals surface area contributed by atoms with Crippen LogP contribution in [0.5, 0.6) is 0 Å². The van der Waals surface area contributed by atoms with Crippen LogP contribution in [0.1, 0.15) is 63.0 Å². The van der Waals surface area contributed by atoms with Gasteiger partial charge in [-0.25, -0.2) is 0 Å². The summed E-state index contributed by atoms with van der Waals surface area (Å²) in [4.78, 5) is 6.82. The van der Waals surface area contributed by atoms with Crippen molar-refractivity contribution in [3.8, 4) is 0 Å². The maximum atomic E-state index is 5.42. The Bertz CT molecular complexity index is 519. The van der Waals surface area contributed by atoms with E-state index in [-0.39, 0.29) is 24.0 Å². The summed E-state index contributed by atoms with van der Waals surface area (Å²) in [5.41, 5.74) is 2.21. The first-order valence-corrected chi connectivity index (χ1v) is 9.80. The van der Waals surface area contributed by atoms with E-state index in [0.717, 1.165) is 49.4 Å². The molecule has 1 saturated carbocycles.